The van der Waals surface area contributed by atoms with E-state index in [1.54, 1.807) is 42.5 Å². The molecule has 0 bridgehead atoms. The minimum absolute atomic E-state index is 0.0943. The molecular formula is C16H15N3O3. The highest BCUT2D eigenvalue weighted by molar-refractivity contribution is 6.06. The van der Waals surface area contributed by atoms with Crippen LogP contribution < -0.4 is 16.4 Å². The lowest BCUT2D eigenvalue weighted by molar-refractivity contribution is 0.0997. The topological polar surface area (TPSA) is 101 Å². The molecule has 0 aliphatic carbocycles. The number of Topliss-reactive ketones (excluding diaryl/α,β-unsaturated/α-hetero) is 1. The number of carbonyl (C=O) groups is 3. The van der Waals surface area contributed by atoms with Gasteiger partial charge in [-0.05, 0) is 31.2 Å². The number of primary amides is 1. The van der Waals surface area contributed by atoms with Gasteiger partial charge in [-0.1, -0.05) is 24.3 Å². The van der Waals surface area contributed by atoms with Crippen molar-refractivity contribution in [3.05, 3.63) is 59.7 Å². The van der Waals surface area contributed by atoms with Gasteiger partial charge < -0.3 is 16.4 Å². The van der Waals surface area contributed by atoms with Gasteiger partial charge in [-0.3, -0.25) is 9.59 Å². The van der Waals surface area contributed by atoms with Crippen LogP contribution in [0.4, 0.5) is 16.2 Å². The number of nitrogens with two attached hydrogens (primary N) is 1. The molecule has 6 nitrogen and oxygen atoms in total. The number of rotatable bonds is 4. The molecule has 0 aliphatic rings. The number of para-hydroxylation sites is 1. The molecule has 2 aromatic rings. The average molecular weight is 297 g/mol. The van der Waals surface area contributed by atoms with Crippen LogP contribution in [0.15, 0.2) is 48.5 Å². The van der Waals surface area contributed by atoms with E-state index in [1.807, 2.05) is 0 Å². The second-order valence-corrected chi connectivity index (χ2v) is 4.63. The molecule has 0 saturated heterocycles. The number of urea groups is 1. The number of carbonyl (C=O) groups excluding carboxylic acids is 3. The van der Waals surface area contributed by atoms with Gasteiger partial charge in [0.15, 0.2) is 5.78 Å². The monoisotopic (exact) mass is 297 g/mol. The summed E-state index contributed by atoms with van der Waals surface area (Å²) < 4.78 is 0. The Labute approximate surface area is 127 Å². The van der Waals surface area contributed by atoms with E-state index in [0.717, 1.165) is 0 Å². The first-order chi connectivity index (χ1) is 10.5. The molecule has 0 radical (unpaired) electrons. The van der Waals surface area contributed by atoms with Crippen molar-refractivity contribution in [3.8, 4) is 0 Å². The van der Waals surface area contributed by atoms with Crippen LogP contribution >= 0.6 is 0 Å². The number of hydrogen-bond donors (Lipinski definition) is 3. The molecule has 0 spiro atoms. The highest BCUT2D eigenvalue weighted by Gasteiger charge is 2.10. The van der Waals surface area contributed by atoms with Gasteiger partial charge in [0.25, 0.3) is 5.91 Å². The third-order valence-corrected chi connectivity index (χ3v) is 2.97. The first-order valence-electron chi connectivity index (χ1n) is 6.55. The fraction of sp³-hybridized carbons (Fsp3) is 0.0625. The highest BCUT2D eigenvalue weighted by Crippen LogP contribution is 2.16. The molecule has 2 rings (SSSR count). The second-order valence-electron chi connectivity index (χ2n) is 4.63. The Morgan fingerprint density at radius 1 is 0.955 bits per heavy atom. The number of hydrogen-bond acceptors (Lipinski definition) is 3. The largest absolute Gasteiger partial charge is 0.366 e. The van der Waals surface area contributed by atoms with Crippen molar-refractivity contribution in [2.45, 2.75) is 6.92 Å². The number of ketones is 1. The zero-order chi connectivity index (χ0) is 16.1. The maximum atomic E-state index is 12.0. The normalized spacial score (nSPS) is 9.86. The molecule has 6 heteroatoms. The van der Waals surface area contributed by atoms with E-state index < -0.39 is 11.9 Å². The predicted octanol–water partition coefficient (Wildman–Crippen LogP) is 2.63. The van der Waals surface area contributed by atoms with Crippen molar-refractivity contribution < 1.29 is 14.4 Å². The molecule has 0 aromatic heterocycles. The van der Waals surface area contributed by atoms with E-state index >= 15 is 0 Å². The van der Waals surface area contributed by atoms with Gasteiger partial charge in [0.05, 0.1) is 11.3 Å². The molecule has 0 atom stereocenters. The van der Waals surface area contributed by atoms with Crippen LogP contribution in [-0.2, 0) is 0 Å². The van der Waals surface area contributed by atoms with Gasteiger partial charge in [0.2, 0.25) is 0 Å². The van der Waals surface area contributed by atoms with E-state index in [0.29, 0.717) is 16.9 Å². The molecule has 112 valence electrons. The Morgan fingerprint density at radius 3 is 2.36 bits per heavy atom. The van der Waals surface area contributed by atoms with Crippen molar-refractivity contribution in [3.63, 3.8) is 0 Å². The van der Waals surface area contributed by atoms with Gasteiger partial charge in [-0.2, -0.15) is 0 Å². The molecular weight excluding hydrogens is 282 g/mol. The Balaban J connectivity index is 2.12. The number of anilines is 2. The summed E-state index contributed by atoms with van der Waals surface area (Å²) in [6.45, 7) is 1.45. The second kappa shape index (κ2) is 6.53. The summed E-state index contributed by atoms with van der Waals surface area (Å²) in [5.41, 5.74) is 6.75. The summed E-state index contributed by atoms with van der Waals surface area (Å²) in [5.74, 6) is -0.724. The van der Waals surface area contributed by atoms with Crippen molar-refractivity contribution in [2.75, 3.05) is 10.6 Å². The van der Waals surface area contributed by atoms with E-state index in [4.69, 9.17) is 5.73 Å². The molecule has 22 heavy (non-hydrogen) atoms. The highest BCUT2D eigenvalue weighted by atomic mass is 16.2. The van der Waals surface area contributed by atoms with Crippen molar-refractivity contribution >= 4 is 29.1 Å². The summed E-state index contributed by atoms with van der Waals surface area (Å²) in [7, 11) is 0. The fourth-order valence-electron chi connectivity index (χ4n) is 1.91. The number of benzene rings is 2. The van der Waals surface area contributed by atoms with Gasteiger partial charge >= 0.3 is 6.03 Å². The first kappa shape index (κ1) is 15.2. The van der Waals surface area contributed by atoms with E-state index in [1.165, 1.54) is 13.0 Å². The lowest BCUT2D eigenvalue weighted by Gasteiger charge is -2.10. The summed E-state index contributed by atoms with van der Waals surface area (Å²) in [6, 6.07) is 12.5. The molecule has 4 N–H and O–H groups in total. The van der Waals surface area contributed by atoms with Crippen LogP contribution in [0.25, 0.3) is 0 Å². The predicted molar refractivity (Wildman–Crippen MR) is 84.0 cm³/mol. The Bertz CT molecular complexity index is 741. The molecule has 0 aliphatic heterocycles. The lowest BCUT2D eigenvalue weighted by Crippen LogP contribution is -2.22. The third-order valence-electron chi connectivity index (χ3n) is 2.97. The van der Waals surface area contributed by atoms with Crippen molar-refractivity contribution in [2.24, 2.45) is 5.73 Å². The first-order valence-corrected chi connectivity index (χ1v) is 6.55. The molecule has 0 unspecified atom stereocenters. The van der Waals surface area contributed by atoms with E-state index in [2.05, 4.69) is 10.6 Å². The third kappa shape index (κ3) is 3.69. The summed E-state index contributed by atoms with van der Waals surface area (Å²) in [5, 5.41) is 5.15. The van der Waals surface area contributed by atoms with Gasteiger partial charge in [0.1, 0.15) is 0 Å². The van der Waals surface area contributed by atoms with Crippen LogP contribution in [0.2, 0.25) is 0 Å². The maximum Gasteiger partial charge on any atom is 0.323 e. The fourth-order valence-corrected chi connectivity index (χ4v) is 1.91. The zero-order valence-corrected chi connectivity index (χ0v) is 11.9. The SMILES string of the molecule is CC(=O)c1cccc(NC(=O)Nc2ccccc2C(N)=O)c1. The summed E-state index contributed by atoms with van der Waals surface area (Å²) in [6.07, 6.45) is 0. The summed E-state index contributed by atoms with van der Waals surface area (Å²) in [4.78, 5) is 34.6. The Kier molecular flexibility index (Phi) is 4.53. The lowest BCUT2D eigenvalue weighted by atomic mass is 10.1. The van der Waals surface area contributed by atoms with E-state index in [9.17, 15) is 14.4 Å². The van der Waals surface area contributed by atoms with Crippen molar-refractivity contribution in [1.82, 2.24) is 0 Å². The van der Waals surface area contributed by atoms with Gasteiger partial charge in [-0.15, -0.1) is 0 Å². The molecule has 0 heterocycles. The zero-order valence-electron chi connectivity index (χ0n) is 11.9. The smallest absolute Gasteiger partial charge is 0.323 e. The summed E-state index contributed by atoms with van der Waals surface area (Å²) >= 11 is 0. The standard InChI is InChI=1S/C16H15N3O3/c1-10(20)11-5-4-6-12(9-11)18-16(22)19-14-8-3-2-7-13(14)15(17)21/h2-9H,1H3,(H2,17,21)(H2,18,19,22). The molecule has 2 aromatic carbocycles. The van der Waals surface area contributed by atoms with Crippen LogP contribution in [0.3, 0.4) is 0 Å². The minimum atomic E-state index is -0.630. The van der Waals surface area contributed by atoms with Crippen molar-refractivity contribution in [1.29, 1.82) is 0 Å². The number of amides is 3. The van der Waals surface area contributed by atoms with Crippen LogP contribution in [0.1, 0.15) is 27.6 Å². The Hall–Kier alpha value is -3.15. The van der Waals surface area contributed by atoms with Crippen LogP contribution in [-0.4, -0.2) is 17.7 Å². The average Bonchev–Trinajstić information content (AvgIpc) is 2.47. The number of nitrogens with one attached hydrogen (secondary N) is 2. The minimum Gasteiger partial charge on any atom is -0.366 e. The quantitative estimate of drug-likeness (QED) is 0.756. The van der Waals surface area contributed by atoms with Crippen LogP contribution in [0, 0.1) is 0 Å². The van der Waals surface area contributed by atoms with Gasteiger partial charge in [0, 0.05) is 11.3 Å². The Morgan fingerprint density at radius 2 is 1.68 bits per heavy atom. The van der Waals surface area contributed by atoms with Gasteiger partial charge in [-0.25, -0.2) is 4.79 Å². The van der Waals surface area contributed by atoms with E-state index in [-0.39, 0.29) is 11.3 Å². The van der Waals surface area contributed by atoms with Crippen LogP contribution in [0.5, 0.6) is 0 Å². The maximum absolute atomic E-state index is 12.0. The molecule has 0 saturated carbocycles. The molecule has 0 fully saturated rings. The molecule has 3 amide bonds.